The number of hydrogen-bond acceptors (Lipinski definition) is 0. The lowest BCUT2D eigenvalue weighted by Gasteiger charge is -1.99. The summed E-state index contributed by atoms with van der Waals surface area (Å²) in [5.74, 6) is 0. The maximum Gasteiger partial charge on any atom is 0.0598 e. The highest BCUT2D eigenvalue weighted by molar-refractivity contribution is 6.23. The van der Waals surface area contributed by atoms with Crippen molar-refractivity contribution in [1.29, 1.82) is 0 Å². The largest absolute Gasteiger partial charge is 0.0827 e. The topological polar surface area (TPSA) is 0 Å². The third kappa shape index (κ3) is 2.09. The van der Waals surface area contributed by atoms with Crippen LogP contribution in [0.2, 0.25) is 0 Å². The Labute approximate surface area is 72.5 Å². The molecule has 0 aromatic heterocycles. The molecule has 0 nitrogen and oxygen atoms in total. The molecule has 1 aromatic rings. The van der Waals surface area contributed by atoms with Crippen LogP contribution in [-0.2, 0) is 0 Å². The van der Waals surface area contributed by atoms with E-state index < -0.39 is 0 Å². The van der Waals surface area contributed by atoms with Crippen molar-refractivity contribution in [1.82, 2.24) is 0 Å². The Morgan fingerprint density at radius 3 is 2.55 bits per heavy atom. The number of hydrogen-bond donors (Lipinski definition) is 0. The zero-order chi connectivity index (χ0) is 8.27. The Kier molecular flexibility index (Phi) is 2.72. The zero-order valence-corrected chi connectivity index (χ0v) is 7.44. The van der Waals surface area contributed by atoms with E-state index in [1.807, 2.05) is 6.07 Å². The van der Waals surface area contributed by atoms with Crippen LogP contribution in [0.4, 0.5) is 0 Å². The zero-order valence-electron chi connectivity index (χ0n) is 6.69. The van der Waals surface area contributed by atoms with Crippen LogP contribution >= 0.6 is 11.6 Å². The smallest absolute Gasteiger partial charge is 0.0598 e. The Morgan fingerprint density at radius 2 is 2.00 bits per heavy atom. The van der Waals surface area contributed by atoms with E-state index in [-0.39, 0.29) is 0 Å². The molecule has 0 unspecified atom stereocenters. The second-order valence-electron chi connectivity index (χ2n) is 2.60. The third-order valence-electron chi connectivity index (χ3n) is 1.75. The second-order valence-corrected chi connectivity index (χ2v) is 2.82. The molecule has 0 amide bonds. The van der Waals surface area contributed by atoms with Gasteiger partial charge in [0.25, 0.3) is 0 Å². The summed E-state index contributed by atoms with van der Waals surface area (Å²) in [4.78, 5) is 0. The first-order valence-corrected chi connectivity index (χ1v) is 3.88. The lowest BCUT2D eigenvalue weighted by Crippen LogP contribution is -1.80. The molecule has 0 N–H and O–H groups in total. The molecule has 0 saturated heterocycles. The monoisotopic (exact) mass is 165 g/mol. The summed E-state index contributed by atoms with van der Waals surface area (Å²) in [6.45, 7) is 4.17. The second kappa shape index (κ2) is 3.59. The van der Waals surface area contributed by atoms with Gasteiger partial charge in [0, 0.05) is 0 Å². The average Bonchev–Trinajstić information content (AvgIpc) is 1.98. The lowest BCUT2D eigenvalue weighted by molar-refractivity contribution is 1.33. The molecular weight excluding hydrogens is 156 g/mol. The lowest BCUT2D eigenvalue weighted by atomic mass is 10.1. The molecule has 1 radical (unpaired) electrons. The maximum atomic E-state index is 5.32. The van der Waals surface area contributed by atoms with Gasteiger partial charge in [-0.25, -0.2) is 0 Å². The van der Waals surface area contributed by atoms with E-state index in [2.05, 4.69) is 31.5 Å². The van der Waals surface area contributed by atoms with Gasteiger partial charge in [0.2, 0.25) is 0 Å². The van der Waals surface area contributed by atoms with E-state index in [9.17, 15) is 0 Å². The number of halogens is 1. The first kappa shape index (κ1) is 8.35. The summed E-state index contributed by atoms with van der Waals surface area (Å²) in [6.07, 6.45) is 1.76. The van der Waals surface area contributed by atoms with Gasteiger partial charge in [0.1, 0.15) is 0 Å². The number of aryl methyl sites for hydroxylation is 2. The predicted octanol–water partition coefficient (Wildman–Crippen LogP) is 3.32. The summed E-state index contributed by atoms with van der Waals surface area (Å²) < 4.78 is 0. The van der Waals surface area contributed by atoms with Gasteiger partial charge in [-0.3, -0.25) is 0 Å². The SMILES string of the molecule is Cc1ccc(C=[C]Cl)cc1C. The highest BCUT2D eigenvalue weighted by atomic mass is 35.5. The standard InChI is InChI=1S/C10H10Cl/c1-8-3-4-10(5-6-11)7-9(8)2/h3-5,7H,1-2H3. The van der Waals surface area contributed by atoms with Crippen LogP contribution in [0.3, 0.4) is 0 Å². The first-order chi connectivity index (χ1) is 5.24. The summed E-state index contributed by atoms with van der Waals surface area (Å²) in [5, 5.41) is 0. The summed E-state index contributed by atoms with van der Waals surface area (Å²) in [7, 11) is 0. The molecule has 0 saturated carbocycles. The van der Waals surface area contributed by atoms with E-state index in [0.717, 1.165) is 5.56 Å². The molecule has 0 bridgehead atoms. The van der Waals surface area contributed by atoms with Crippen molar-refractivity contribution < 1.29 is 0 Å². The highest BCUT2D eigenvalue weighted by Gasteiger charge is 1.91. The van der Waals surface area contributed by atoms with Crippen LogP contribution in [0.5, 0.6) is 0 Å². The number of rotatable bonds is 1. The van der Waals surface area contributed by atoms with Crippen LogP contribution in [0.1, 0.15) is 16.7 Å². The van der Waals surface area contributed by atoms with Crippen molar-refractivity contribution in [2.24, 2.45) is 0 Å². The van der Waals surface area contributed by atoms with Gasteiger partial charge in [-0.15, -0.1) is 0 Å². The van der Waals surface area contributed by atoms with Crippen LogP contribution in [0.15, 0.2) is 18.2 Å². The van der Waals surface area contributed by atoms with Crippen molar-refractivity contribution in [3.63, 3.8) is 0 Å². The molecule has 0 aliphatic carbocycles. The van der Waals surface area contributed by atoms with E-state index in [0.29, 0.717) is 0 Å². The number of benzene rings is 1. The fraction of sp³-hybridized carbons (Fsp3) is 0.200. The van der Waals surface area contributed by atoms with E-state index in [4.69, 9.17) is 11.6 Å². The molecule has 0 aliphatic heterocycles. The van der Waals surface area contributed by atoms with Gasteiger partial charge in [0.05, 0.1) is 5.54 Å². The minimum absolute atomic E-state index is 1.10. The van der Waals surface area contributed by atoms with Gasteiger partial charge >= 0.3 is 0 Å². The quantitative estimate of drug-likeness (QED) is 0.599. The summed E-state index contributed by atoms with van der Waals surface area (Å²) >= 11 is 5.32. The van der Waals surface area contributed by atoms with Gasteiger partial charge in [-0.05, 0) is 36.6 Å². The van der Waals surface area contributed by atoms with Gasteiger partial charge in [-0.1, -0.05) is 29.8 Å². The molecule has 0 spiro atoms. The fourth-order valence-corrected chi connectivity index (χ4v) is 1.04. The van der Waals surface area contributed by atoms with Crippen LogP contribution < -0.4 is 0 Å². The summed E-state index contributed by atoms with van der Waals surface area (Å²) in [5.41, 5.74) is 6.16. The van der Waals surface area contributed by atoms with Crippen molar-refractivity contribution in [3.8, 4) is 0 Å². The predicted molar refractivity (Wildman–Crippen MR) is 49.5 cm³/mol. The molecular formula is C10H10Cl. The van der Waals surface area contributed by atoms with Gasteiger partial charge in [-0.2, -0.15) is 0 Å². The average molecular weight is 166 g/mol. The molecule has 0 fully saturated rings. The Balaban J connectivity index is 3.05. The van der Waals surface area contributed by atoms with Crippen LogP contribution in [-0.4, -0.2) is 0 Å². The van der Waals surface area contributed by atoms with Crippen LogP contribution in [0.25, 0.3) is 6.08 Å². The molecule has 1 rings (SSSR count). The molecule has 1 heteroatoms. The molecule has 0 aliphatic rings. The Hall–Kier alpha value is -0.750. The van der Waals surface area contributed by atoms with Gasteiger partial charge < -0.3 is 0 Å². The molecule has 11 heavy (non-hydrogen) atoms. The van der Waals surface area contributed by atoms with Crippen molar-refractivity contribution in [2.45, 2.75) is 13.8 Å². The Morgan fingerprint density at radius 1 is 1.27 bits per heavy atom. The third-order valence-corrected chi connectivity index (χ3v) is 1.86. The normalized spacial score (nSPS) is 10.8. The van der Waals surface area contributed by atoms with E-state index in [1.54, 1.807) is 6.08 Å². The Bertz CT molecular complexity index is 274. The minimum Gasteiger partial charge on any atom is -0.0827 e. The minimum atomic E-state index is 1.10. The van der Waals surface area contributed by atoms with E-state index in [1.165, 1.54) is 11.1 Å². The van der Waals surface area contributed by atoms with Crippen LogP contribution in [0, 0.1) is 19.4 Å². The molecule has 0 atom stereocenters. The molecule has 57 valence electrons. The van der Waals surface area contributed by atoms with Crippen molar-refractivity contribution >= 4 is 17.7 Å². The molecule has 0 heterocycles. The maximum absolute atomic E-state index is 5.32. The van der Waals surface area contributed by atoms with Crippen molar-refractivity contribution in [2.75, 3.05) is 0 Å². The fourth-order valence-electron chi connectivity index (χ4n) is 0.917. The van der Waals surface area contributed by atoms with E-state index >= 15 is 0 Å². The highest BCUT2D eigenvalue weighted by Crippen LogP contribution is 2.10. The summed E-state index contributed by atoms with van der Waals surface area (Å²) in [6, 6.07) is 6.19. The molecule has 1 aromatic carbocycles. The van der Waals surface area contributed by atoms with Crippen molar-refractivity contribution in [3.05, 3.63) is 40.4 Å². The first-order valence-electron chi connectivity index (χ1n) is 3.50. The van der Waals surface area contributed by atoms with Gasteiger partial charge in [0.15, 0.2) is 0 Å².